The summed E-state index contributed by atoms with van der Waals surface area (Å²) < 4.78 is 10.9. The van der Waals surface area contributed by atoms with Gasteiger partial charge in [0, 0.05) is 21.4 Å². The van der Waals surface area contributed by atoms with Crippen molar-refractivity contribution in [1.29, 1.82) is 0 Å². The number of aliphatic hydroxyl groups excluding tert-OH is 1. The summed E-state index contributed by atoms with van der Waals surface area (Å²) >= 11 is 0. The molecule has 5 N–H and O–H groups in total. The molecule has 0 amide bonds. The van der Waals surface area contributed by atoms with E-state index in [-0.39, 0.29) is 18.7 Å². The van der Waals surface area contributed by atoms with Gasteiger partial charge < -0.3 is 25.1 Å². The fourth-order valence-electron chi connectivity index (χ4n) is 1.80. The van der Waals surface area contributed by atoms with E-state index in [1.54, 1.807) is 0 Å². The summed E-state index contributed by atoms with van der Waals surface area (Å²) in [6.07, 6.45) is 2.82. The topological polar surface area (TPSA) is 110 Å². The zero-order chi connectivity index (χ0) is 12.2. The van der Waals surface area contributed by atoms with E-state index in [1.807, 2.05) is 0 Å². The summed E-state index contributed by atoms with van der Waals surface area (Å²) in [5.41, 5.74) is 0. The zero-order valence-corrected chi connectivity index (χ0v) is 10.8. The largest absolute Gasteiger partial charge is 0.393 e. The minimum Gasteiger partial charge on any atom is -0.393 e. The van der Waals surface area contributed by atoms with Crippen LogP contribution in [0.2, 0.25) is 0 Å². The van der Waals surface area contributed by atoms with Crippen LogP contribution < -0.4 is 5.32 Å². The number of nitrogens with one attached hydrogen (secondary N) is 1. The first-order chi connectivity index (χ1) is 7.43. The summed E-state index contributed by atoms with van der Waals surface area (Å²) in [6.45, 7) is 0.125. The highest BCUT2D eigenvalue weighted by Gasteiger charge is 2.29. The predicted octanol–water partition coefficient (Wildman–Crippen LogP) is -0.0309. The Labute approximate surface area is 96.5 Å². The molecule has 0 aromatic heterocycles. The summed E-state index contributed by atoms with van der Waals surface area (Å²) in [6, 6.07) is 0.189. The van der Waals surface area contributed by atoms with Crippen LogP contribution in [0.3, 0.4) is 0 Å². The van der Waals surface area contributed by atoms with Crippen LogP contribution in [0.4, 0.5) is 0 Å². The Morgan fingerprint density at radius 1 is 1.31 bits per heavy atom. The first-order valence-corrected chi connectivity index (χ1v) is 8.00. The predicted molar refractivity (Wildman–Crippen MR) is 62.6 cm³/mol. The lowest BCUT2D eigenvalue weighted by molar-refractivity contribution is 0.117. The molecule has 0 spiro atoms. The molecule has 1 aliphatic carbocycles. The normalized spacial score (nSPS) is 29.8. The van der Waals surface area contributed by atoms with Gasteiger partial charge in [0.15, 0.2) is 0 Å². The highest BCUT2D eigenvalue weighted by Crippen LogP contribution is 2.48. The molecule has 0 aromatic carbocycles. The first-order valence-electron chi connectivity index (χ1n) is 5.29. The van der Waals surface area contributed by atoms with Crippen molar-refractivity contribution < 1.29 is 24.4 Å². The van der Waals surface area contributed by atoms with Gasteiger partial charge in [-0.25, -0.2) is 0 Å². The van der Waals surface area contributed by atoms with Crippen LogP contribution in [0.25, 0.3) is 0 Å². The second-order valence-electron chi connectivity index (χ2n) is 4.15. The highest BCUT2D eigenvalue weighted by molar-refractivity contribution is 7.63. The minimum atomic E-state index is -4.21. The van der Waals surface area contributed by atoms with Crippen molar-refractivity contribution in [2.45, 2.75) is 43.2 Å². The molecule has 8 heteroatoms. The lowest BCUT2D eigenvalue weighted by Crippen LogP contribution is -2.37. The maximum atomic E-state index is 10.9. The Bertz CT molecular complexity index is 251. The lowest BCUT2D eigenvalue weighted by Gasteiger charge is -2.27. The minimum absolute atomic E-state index is 0.125. The van der Waals surface area contributed by atoms with Gasteiger partial charge in [0.05, 0.1) is 6.10 Å². The molecule has 2 atom stereocenters. The van der Waals surface area contributed by atoms with Gasteiger partial charge in [0.1, 0.15) is 5.40 Å². The van der Waals surface area contributed by atoms with Crippen LogP contribution in [0.15, 0.2) is 0 Å². The van der Waals surface area contributed by atoms with E-state index in [0.717, 1.165) is 25.7 Å². The number of hydrogen-bond donors (Lipinski definition) is 5. The van der Waals surface area contributed by atoms with Gasteiger partial charge in [-0.05, 0) is 25.7 Å². The van der Waals surface area contributed by atoms with Gasteiger partial charge in [-0.15, -0.1) is 0 Å². The molecule has 0 heterocycles. The van der Waals surface area contributed by atoms with Crippen molar-refractivity contribution in [3.63, 3.8) is 0 Å². The Hall–Kier alpha value is 0.460. The molecule has 0 saturated heterocycles. The van der Waals surface area contributed by atoms with Gasteiger partial charge in [-0.2, -0.15) is 0 Å². The molecule has 1 aliphatic rings. The molecular formula is C8H19NO5P2. The van der Waals surface area contributed by atoms with Crippen molar-refractivity contribution >= 4 is 16.4 Å². The highest BCUT2D eigenvalue weighted by atomic mass is 31.2. The SMILES string of the molecule is O=P(O)(O)C(CNC1CCC(O)CC1)PO. The van der Waals surface area contributed by atoms with Crippen molar-refractivity contribution in [2.75, 3.05) is 6.54 Å². The lowest BCUT2D eigenvalue weighted by atomic mass is 9.93. The van der Waals surface area contributed by atoms with Crippen LogP contribution in [0.5, 0.6) is 0 Å². The maximum Gasteiger partial charge on any atom is 0.336 e. The van der Waals surface area contributed by atoms with Crippen LogP contribution in [0, 0.1) is 0 Å². The summed E-state index contributed by atoms with van der Waals surface area (Å²) in [5.74, 6) is 0. The zero-order valence-electron chi connectivity index (χ0n) is 8.91. The van der Waals surface area contributed by atoms with Gasteiger partial charge in [-0.1, -0.05) is 0 Å². The molecule has 1 fully saturated rings. The second kappa shape index (κ2) is 6.41. The monoisotopic (exact) mass is 271 g/mol. The molecule has 0 bridgehead atoms. The molecule has 6 nitrogen and oxygen atoms in total. The summed E-state index contributed by atoms with van der Waals surface area (Å²) in [5, 5.41) is 11.3. The van der Waals surface area contributed by atoms with Crippen LogP contribution in [-0.4, -0.2) is 43.9 Å². The van der Waals surface area contributed by atoms with Gasteiger partial charge in [0.2, 0.25) is 0 Å². The molecular weight excluding hydrogens is 252 g/mol. The Kier molecular flexibility index (Phi) is 5.82. The average molecular weight is 271 g/mol. The second-order valence-corrected chi connectivity index (χ2v) is 7.39. The van der Waals surface area contributed by atoms with Crippen LogP contribution >= 0.6 is 16.4 Å². The number of aliphatic hydroxyl groups is 1. The van der Waals surface area contributed by atoms with E-state index in [1.165, 1.54) is 0 Å². The van der Waals surface area contributed by atoms with Crippen molar-refractivity contribution in [2.24, 2.45) is 0 Å². The van der Waals surface area contributed by atoms with E-state index < -0.39 is 21.8 Å². The summed E-state index contributed by atoms with van der Waals surface area (Å²) in [7, 11) is -4.96. The smallest absolute Gasteiger partial charge is 0.336 e. The van der Waals surface area contributed by atoms with Crippen LogP contribution in [0.1, 0.15) is 25.7 Å². The number of rotatable bonds is 5. The molecule has 2 unspecified atom stereocenters. The maximum absolute atomic E-state index is 10.9. The van der Waals surface area contributed by atoms with Crippen molar-refractivity contribution in [1.82, 2.24) is 5.32 Å². The fourth-order valence-corrected chi connectivity index (χ4v) is 2.95. The van der Waals surface area contributed by atoms with E-state index in [0.29, 0.717) is 0 Å². The molecule has 0 aliphatic heterocycles. The molecule has 1 rings (SSSR count). The third kappa shape index (κ3) is 4.76. The molecule has 1 saturated carbocycles. The van der Waals surface area contributed by atoms with Gasteiger partial charge >= 0.3 is 7.60 Å². The Balaban J connectivity index is 2.30. The quantitative estimate of drug-likeness (QED) is 0.449. The summed E-state index contributed by atoms with van der Waals surface area (Å²) in [4.78, 5) is 26.7. The van der Waals surface area contributed by atoms with Gasteiger partial charge in [0.25, 0.3) is 0 Å². The molecule has 0 radical (unpaired) electrons. The average Bonchev–Trinajstić information content (AvgIpc) is 2.19. The number of hydrogen-bond acceptors (Lipinski definition) is 4. The van der Waals surface area contributed by atoms with E-state index in [9.17, 15) is 9.67 Å². The molecule has 0 aromatic rings. The third-order valence-corrected chi connectivity index (χ3v) is 5.70. The standard InChI is InChI=1S/C8H19NO5P2/c10-7-3-1-6(2-4-7)9-5-8(15-11)16(12,13)14/h6-11,15H,1-5H2,(H2,12,13,14). The van der Waals surface area contributed by atoms with Crippen molar-refractivity contribution in [3.05, 3.63) is 0 Å². The Morgan fingerprint density at radius 3 is 2.31 bits per heavy atom. The van der Waals surface area contributed by atoms with E-state index >= 15 is 0 Å². The third-order valence-electron chi connectivity index (χ3n) is 2.85. The van der Waals surface area contributed by atoms with Crippen LogP contribution in [-0.2, 0) is 4.57 Å². The fraction of sp³-hybridized carbons (Fsp3) is 1.00. The van der Waals surface area contributed by atoms with Crippen molar-refractivity contribution in [3.8, 4) is 0 Å². The first kappa shape index (κ1) is 14.5. The molecule has 96 valence electrons. The molecule has 16 heavy (non-hydrogen) atoms. The van der Waals surface area contributed by atoms with E-state index in [2.05, 4.69) is 5.32 Å². The van der Waals surface area contributed by atoms with Gasteiger partial charge in [-0.3, -0.25) is 4.57 Å². The Morgan fingerprint density at radius 2 is 1.88 bits per heavy atom. The van der Waals surface area contributed by atoms with E-state index in [4.69, 9.17) is 14.7 Å².